The number of pyridine rings is 1. The van der Waals surface area contributed by atoms with Gasteiger partial charge >= 0.3 is 0 Å². The minimum Gasteiger partial charge on any atom is -0.370 e. The highest BCUT2D eigenvalue weighted by Crippen LogP contribution is 2.22. The third-order valence-corrected chi connectivity index (χ3v) is 2.96. The molecule has 5 heteroatoms. The average Bonchev–Trinajstić information content (AvgIpc) is 2.26. The van der Waals surface area contributed by atoms with Crippen molar-refractivity contribution in [2.75, 3.05) is 11.9 Å². The number of nitrogens with one attached hydrogen (secondary N) is 1. The molecule has 17 heavy (non-hydrogen) atoms. The van der Waals surface area contributed by atoms with Crippen LogP contribution >= 0.6 is 0 Å². The maximum Gasteiger partial charge on any atom is 0.290 e. The Balaban J connectivity index is 2.75. The predicted molar refractivity (Wildman–Crippen MR) is 68.2 cm³/mol. The van der Waals surface area contributed by atoms with Crippen LogP contribution < -0.4 is 5.32 Å². The summed E-state index contributed by atoms with van der Waals surface area (Å²) in [6.45, 7) is 8.91. The van der Waals surface area contributed by atoms with Crippen LogP contribution in [0.3, 0.4) is 0 Å². The van der Waals surface area contributed by atoms with E-state index in [1.807, 2.05) is 0 Å². The van der Waals surface area contributed by atoms with Gasteiger partial charge in [-0.05, 0) is 24.8 Å². The second-order valence-corrected chi connectivity index (χ2v) is 4.93. The number of anilines is 1. The monoisotopic (exact) mass is 237 g/mol. The molecular weight excluding hydrogens is 218 g/mol. The highest BCUT2D eigenvalue weighted by Gasteiger charge is 2.16. The molecule has 0 spiro atoms. The summed E-state index contributed by atoms with van der Waals surface area (Å²) < 4.78 is 0. The Hall–Kier alpha value is -1.65. The SMILES string of the molecule is CCC(C)(C)CNc1ccc([N+](=O)[O-])c(C)n1. The van der Waals surface area contributed by atoms with Crippen LogP contribution in [0.25, 0.3) is 0 Å². The summed E-state index contributed by atoms with van der Waals surface area (Å²) in [6, 6.07) is 3.14. The molecule has 0 aliphatic carbocycles. The van der Waals surface area contributed by atoms with Crippen molar-refractivity contribution in [3.8, 4) is 0 Å². The van der Waals surface area contributed by atoms with Crippen LogP contribution in [0.1, 0.15) is 32.9 Å². The minimum absolute atomic E-state index is 0.0605. The van der Waals surface area contributed by atoms with Crippen LogP contribution in [-0.2, 0) is 0 Å². The second kappa shape index (κ2) is 5.12. The fourth-order valence-electron chi connectivity index (χ4n) is 1.30. The maximum atomic E-state index is 10.6. The number of hydrogen-bond acceptors (Lipinski definition) is 4. The lowest BCUT2D eigenvalue weighted by molar-refractivity contribution is -0.385. The summed E-state index contributed by atoms with van der Waals surface area (Å²) in [7, 11) is 0. The van der Waals surface area contributed by atoms with Gasteiger partial charge in [0.25, 0.3) is 5.69 Å². The van der Waals surface area contributed by atoms with Crippen LogP contribution in [-0.4, -0.2) is 16.5 Å². The lowest BCUT2D eigenvalue weighted by Gasteiger charge is -2.23. The van der Waals surface area contributed by atoms with Gasteiger partial charge in [0, 0.05) is 12.6 Å². The van der Waals surface area contributed by atoms with E-state index in [2.05, 4.69) is 31.1 Å². The Morgan fingerprint density at radius 3 is 2.59 bits per heavy atom. The van der Waals surface area contributed by atoms with E-state index in [0.29, 0.717) is 11.5 Å². The third kappa shape index (κ3) is 3.69. The van der Waals surface area contributed by atoms with Crippen molar-refractivity contribution in [1.29, 1.82) is 0 Å². The van der Waals surface area contributed by atoms with Crippen molar-refractivity contribution in [2.45, 2.75) is 34.1 Å². The lowest BCUT2D eigenvalue weighted by Crippen LogP contribution is -2.22. The lowest BCUT2D eigenvalue weighted by atomic mass is 9.90. The molecule has 0 bridgehead atoms. The van der Waals surface area contributed by atoms with Crippen LogP contribution in [0.15, 0.2) is 12.1 Å². The van der Waals surface area contributed by atoms with E-state index in [1.54, 1.807) is 13.0 Å². The average molecular weight is 237 g/mol. The number of hydrogen-bond donors (Lipinski definition) is 1. The van der Waals surface area contributed by atoms with Crippen molar-refractivity contribution >= 4 is 11.5 Å². The van der Waals surface area contributed by atoms with Crippen molar-refractivity contribution in [3.63, 3.8) is 0 Å². The molecule has 1 heterocycles. The molecule has 0 saturated heterocycles. The maximum absolute atomic E-state index is 10.6. The molecule has 0 aliphatic rings. The Morgan fingerprint density at radius 2 is 2.12 bits per heavy atom. The quantitative estimate of drug-likeness (QED) is 0.631. The first kappa shape index (κ1) is 13.4. The summed E-state index contributed by atoms with van der Waals surface area (Å²) in [5, 5.41) is 13.9. The molecule has 0 fully saturated rings. The van der Waals surface area contributed by atoms with Crippen LogP contribution in [0, 0.1) is 22.5 Å². The summed E-state index contributed by atoms with van der Waals surface area (Å²) in [5.41, 5.74) is 0.691. The fraction of sp³-hybridized carbons (Fsp3) is 0.583. The number of rotatable bonds is 5. The van der Waals surface area contributed by atoms with Crippen molar-refractivity contribution in [2.24, 2.45) is 5.41 Å². The molecule has 0 aromatic carbocycles. The molecule has 94 valence electrons. The number of nitro groups is 1. The Kier molecular flexibility index (Phi) is 4.04. The van der Waals surface area contributed by atoms with Crippen molar-refractivity contribution < 1.29 is 4.92 Å². The van der Waals surface area contributed by atoms with Gasteiger partial charge in [0.15, 0.2) is 0 Å². The Bertz CT molecular complexity index is 416. The standard InChI is InChI=1S/C12H19N3O2/c1-5-12(3,4)8-13-11-7-6-10(15(16)17)9(2)14-11/h6-7H,5,8H2,1-4H3,(H,13,14). The molecule has 0 amide bonds. The molecule has 0 unspecified atom stereocenters. The molecule has 1 rings (SSSR count). The first-order chi connectivity index (χ1) is 7.85. The number of aromatic nitrogens is 1. The largest absolute Gasteiger partial charge is 0.370 e. The summed E-state index contributed by atoms with van der Waals surface area (Å²) in [6.07, 6.45) is 1.06. The van der Waals surface area contributed by atoms with Crippen LogP contribution in [0.4, 0.5) is 11.5 Å². The Morgan fingerprint density at radius 1 is 1.47 bits per heavy atom. The molecule has 1 aromatic heterocycles. The molecule has 0 radical (unpaired) electrons. The van der Waals surface area contributed by atoms with E-state index in [0.717, 1.165) is 13.0 Å². The van der Waals surface area contributed by atoms with Crippen molar-refractivity contribution in [3.05, 3.63) is 27.9 Å². The normalized spacial score (nSPS) is 11.3. The van der Waals surface area contributed by atoms with Gasteiger partial charge in [-0.1, -0.05) is 20.8 Å². The van der Waals surface area contributed by atoms with Crippen LogP contribution in [0.2, 0.25) is 0 Å². The molecule has 5 nitrogen and oxygen atoms in total. The molecule has 0 atom stereocenters. The highest BCUT2D eigenvalue weighted by molar-refractivity contribution is 5.44. The van der Waals surface area contributed by atoms with Gasteiger partial charge in [-0.2, -0.15) is 0 Å². The van der Waals surface area contributed by atoms with Gasteiger partial charge in [0.2, 0.25) is 0 Å². The Labute approximate surface area is 101 Å². The van der Waals surface area contributed by atoms with Gasteiger partial charge < -0.3 is 5.32 Å². The van der Waals surface area contributed by atoms with Crippen molar-refractivity contribution in [1.82, 2.24) is 4.98 Å². The van der Waals surface area contributed by atoms with E-state index in [-0.39, 0.29) is 11.1 Å². The molecule has 0 aliphatic heterocycles. The fourth-order valence-corrected chi connectivity index (χ4v) is 1.30. The van der Waals surface area contributed by atoms with Gasteiger partial charge in [-0.3, -0.25) is 10.1 Å². The molecular formula is C12H19N3O2. The van der Waals surface area contributed by atoms with E-state index in [4.69, 9.17) is 0 Å². The summed E-state index contributed by atoms with van der Waals surface area (Å²) in [5.74, 6) is 0.689. The van der Waals surface area contributed by atoms with E-state index < -0.39 is 4.92 Å². The first-order valence-corrected chi connectivity index (χ1v) is 5.71. The van der Waals surface area contributed by atoms with E-state index in [1.165, 1.54) is 6.07 Å². The summed E-state index contributed by atoms with van der Waals surface area (Å²) >= 11 is 0. The predicted octanol–water partition coefficient (Wildman–Crippen LogP) is 3.15. The van der Waals surface area contributed by atoms with Gasteiger partial charge in [-0.15, -0.1) is 0 Å². The zero-order valence-electron chi connectivity index (χ0n) is 10.8. The number of aryl methyl sites for hydroxylation is 1. The highest BCUT2D eigenvalue weighted by atomic mass is 16.6. The minimum atomic E-state index is -0.415. The smallest absolute Gasteiger partial charge is 0.290 e. The third-order valence-electron chi connectivity index (χ3n) is 2.96. The van der Waals surface area contributed by atoms with E-state index in [9.17, 15) is 10.1 Å². The molecule has 1 aromatic rings. The zero-order valence-corrected chi connectivity index (χ0v) is 10.8. The molecule has 0 saturated carbocycles. The second-order valence-electron chi connectivity index (χ2n) is 4.93. The van der Waals surface area contributed by atoms with Crippen LogP contribution in [0.5, 0.6) is 0 Å². The zero-order chi connectivity index (χ0) is 13.1. The summed E-state index contributed by atoms with van der Waals surface area (Å²) in [4.78, 5) is 14.4. The first-order valence-electron chi connectivity index (χ1n) is 5.71. The van der Waals surface area contributed by atoms with E-state index >= 15 is 0 Å². The van der Waals surface area contributed by atoms with Gasteiger partial charge in [0.1, 0.15) is 11.5 Å². The number of nitrogens with zero attached hydrogens (tertiary/aromatic N) is 2. The van der Waals surface area contributed by atoms with Gasteiger partial charge in [0.05, 0.1) is 4.92 Å². The van der Waals surface area contributed by atoms with Gasteiger partial charge in [-0.25, -0.2) is 4.98 Å². The topological polar surface area (TPSA) is 68.1 Å². The molecule has 1 N–H and O–H groups in total.